The highest BCUT2D eigenvalue weighted by Gasteiger charge is 2.06. The summed E-state index contributed by atoms with van der Waals surface area (Å²) < 4.78 is 11.2. The van der Waals surface area contributed by atoms with Crippen molar-refractivity contribution >= 4 is 39.2 Å². The molecule has 108 valence electrons. The fourth-order valence-electron chi connectivity index (χ4n) is 1.44. The van der Waals surface area contributed by atoms with E-state index in [1.807, 2.05) is 12.1 Å². The highest BCUT2D eigenvalue weighted by molar-refractivity contribution is 9.10. The van der Waals surface area contributed by atoms with Gasteiger partial charge in [-0.15, -0.1) is 5.10 Å². The average molecular weight is 362 g/mol. The number of halogens is 2. The van der Waals surface area contributed by atoms with Crippen LogP contribution in [0.2, 0.25) is 5.02 Å². The predicted octanol–water partition coefficient (Wildman–Crippen LogP) is 2.97. The van der Waals surface area contributed by atoms with E-state index in [9.17, 15) is 0 Å². The monoisotopic (exact) mass is 360 g/mol. The van der Waals surface area contributed by atoms with Gasteiger partial charge in [0.05, 0.1) is 18.2 Å². The molecule has 0 aliphatic heterocycles. The number of hydrogen-bond donors (Lipinski definition) is 2. The van der Waals surface area contributed by atoms with E-state index in [0.29, 0.717) is 30.1 Å². The molecule has 0 atom stereocenters. The van der Waals surface area contributed by atoms with Gasteiger partial charge in [0.25, 0.3) is 0 Å². The summed E-state index contributed by atoms with van der Waals surface area (Å²) >= 11 is 9.34. The first-order valence-corrected chi connectivity index (χ1v) is 7.10. The molecule has 1 aromatic carbocycles. The molecule has 0 saturated carbocycles. The molecule has 2 aromatic rings. The van der Waals surface area contributed by atoms with Gasteiger partial charge >= 0.3 is 6.01 Å². The number of anilines is 2. The van der Waals surface area contributed by atoms with E-state index >= 15 is 0 Å². The van der Waals surface area contributed by atoms with Gasteiger partial charge in [0.2, 0.25) is 5.89 Å². The molecular weight excluding hydrogens is 348 g/mol. The number of aromatic nitrogens is 2. The molecule has 0 spiro atoms. The van der Waals surface area contributed by atoms with Crippen molar-refractivity contribution in [2.45, 2.75) is 6.54 Å². The van der Waals surface area contributed by atoms with Crippen molar-refractivity contribution in [3.05, 3.63) is 33.6 Å². The molecule has 2 rings (SSSR count). The Morgan fingerprint density at radius 2 is 2.25 bits per heavy atom. The first-order valence-electron chi connectivity index (χ1n) is 5.93. The number of hydrogen-bond acceptors (Lipinski definition) is 6. The molecule has 8 heteroatoms. The number of ether oxygens (including phenoxy) is 1. The summed E-state index contributed by atoms with van der Waals surface area (Å²) in [4.78, 5) is 0. The van der Waals surface area contributed by atoms with Crippen LogP contribution in [0.5, 0.6) is 0 Å². The van der Waals surface area contributed by atoms with Crippen LogP contribution in [0.1, 0.15) is 5.89 Å². The van der Waals surface area contributed by atoms with E-state index in [4.69, 9.17) is 20.8 Å². The average Bonchev–Trinajstić information content (AvgIpc) is 2.87. The lowest BCUT2D eigenvalue weighted by atomic mass is 10.3. The minimum Gasteiger partial charge on any atom is -0.406 e. The lowest BCUT2D eigenvalue weighted by Gasteiger charge is -2.03. The van der Waals surface area contributed by atoms with Gasteiger partial charge in [-0.25, -0.2) is 0 Å². The van der Waals surface area contributed by atoms with Crippen molar-refractivity contribution in [3.63, 3.8) is 0 Å². The second-order valence-electron chi connectivity index (χ2n) is 3.92. The Bertz CT molecular complexity index is 564. The van der Waals surface area contributed by atoms with E-state index in [1.165, 1.54) is 0 Å². The van der Waals surface area contributed by atoms with E-state index in [2.05, 4.69) is 36.8 Å². The third-order valence-corrected chi connectivity index (χ3v) is 3.63. The summed E-state index contributed by atoms with van der Waals surface area (Å²) in [6, 6.07) is 5.80. The third kappa shape index (κ3) is 4.45. The molecule has 0 saturated heterocycles. The minimum absolute atomic E-state index is 0.326. The smallest absolute Gasteiger partial charge is 0.320 e. The number of methoxy groups -OCH3 is 1. The first-order chi connectivity index (χ1) is 9.69. The highest BCUT2D eigenvalue weighted by atomic mass is 79.9. The molecule has 0 amide bonds. The quantitative estimate of drug-likeness (QED) is 0.739. The Morgan fingerprint density at radius 3 is 3.00 bits per heavy atom. The number of nitrogens with one attached hydrogen (secondary N) is 2. The zero-order chi connectivity index (χ0) is 14.4. The maximum Gasteiger partial charge on any atom is 0.320 e. The normalized spacial score (nSPS) is 10.8. The van der Waals surface area contributed by atoms with Crippen LogP contribution < -0.4 is 10.6 Å². The van der Waals surface area contributed by atoms with Crippen LogP contribution in [0.3, 0.4) is 0 Å². The molecule has 6 nitrogen and oxygen atoms in total. The van der Waals surface area contributed by atoms with Crippen LogP contribution in [-0.4, -0.2) is 30.5 Å². The lowest BCUT2D eigenvalue weighted by molar-refractivity contribution is 0.198. The van der Waals surface area contributed by atoms with E-state index in [0.717, 1.165) is 16.7 Å². The Morgan fingerprint density at radius 1 is 1.40 bits per heavy atom. The minimum atomic E-state index is 0.326. The Kier molecular flexibility index (Phi) is 5.78. The van der Waals surface area contributed by atoms with E-state index in [-0.39, 0.29) is 0 Å². The molecule has 20 heavy (non-hydrogen) atoms. The van der Waals surface area contributed by atoms with Crippen LogP contribution >= 0.6 is 27.5 Å². The van der Waals surface area contributed by atoms with Crippen molar-refractivity contribution in [1.29, 1.82) is 0 Å². The molecule has 1 heterocycles. The molecular formula is C12H14BrClN4O2. The van der Waals surface area contributed by atoms with Gasteiger partial charge in [-0.1, -0.05) is 16.7 Å². The molecule has 0 aliphatic carbocycles. The van der Waals surface area contributed by atoms with Gasteiger partial charge in [-0.3, -0.25) is 0 Å². The molecule has 0 unspecified atom stereocenters. The molecule has 0 aliphatic rings. The van der Waals surface area contributed by atoms with Gasteiger partial charge in [0.1, 0.15) is 0 Å². The number of nitrogens with zero attached hydrogens (tertiary/aromatic N) is 2. The highest BCUT2D eigenvalue weighted by Crippen LogP contribution is 2.26. The van der Waals surface area contributed by atoms with Crippen LogP contribution in [0, 0.1) is 0 Å². The first kappa shape index (κ1) is 15.2. The molecule has 0 radical (unpaired) electrons. The predicted molar refractivity (Wildman–Crippen MR) is 80.3 cm³/mol. The van der Waals surface area contributed by atoms with Crippen molar-refractivity contribution in [3.8, 4) is 0 Å². The maximum atomic E-state index is 6.01. The lowest BCUT2D eigenvalue weighted by Crippen LogP contribution is -2.18. The topological polar surface area (TPSA) is 72.2 Å². The summed E-state index contributed by atoms with van der Waals surface area (Å²) in [5, 5.41) is 14.6. The summed E-state index contributed by atoms with van der Waals surface area (Å²) in [5.41, 5.74) is 0.778. The Labute approximate surface area is 130 Å². The molecule has 0 fully saturated rings. The van der Waals surface area contributed by atoms with E-state index in [1.54, 1.807) is 13.2 Å². The summed E-state index contributed by atoms with van der Waals surface area (Å²) in [6.45, 7) is 1.86. The summed E-state index contributed by atoms with van der Waals surface area (Å²) in [5.74, 6) is 0.506. The van der Waals surface area contributed by atoms with Crippen LogP contribution in [0.4, 0.5) is 11.7 Å². The van der Waals surface area contributed by atoms with Gasteiger partial charge in [0, 0.05) is 23.8 Å². The van der Waals surface area contributed by atoms with Crippen LogP contribution in [-0.2, 0) is 11.3 Å². The number of benzene rings is 1. The van der Waals surface area contributed by atoms with Crippen molar-refractivity contribution in [2.24, 2.45) is 0 Å². The van der Waals surface area contributed by atoms with Gasteiger partial charge in [0.15, 0.2) is 0 Å². The zero-order valence-electron chi connectivity index (χ0n) is 10.8. The largest absolute Gasteiger partial charge is 0.406 e. The fourth-order valence-corrected chi connectivity index (χ4v) is 1.87. The zero-order valence-corrected chi connectivity index (χ0v) is 13.2. The molecule has 2 N–H and O–H groups in total. The van der Waals surface area contributed by atoms with Crippen LogP contribution in [0.15, 0.2) is 27.1 Å². The van der Waals surface area contributed by atoms with Crippen molar-refractivity contribution in [2.75, 3.05) is 25.6 Å². The van der Waals surface area contributed by atoms with Crippen LogP contribution in [0.25, 0.3) is 0 Å². The third-order valence-electron chi connectivity index (χ3n) is 2.40. The summed E-state index contributed by atoms with van der Waals surface area (Å²) in [6.07, 6.45) is 0. The van der Waals surface area contributed by atoms with Gasteiger partial charge in [-0.05, 0) is 34.1 Å². The standard InChI is InChI=1S/C12H14BrClN4O2/c1-19-5-4-15-7-11-17-18-12(20-11)16-8-2-3-9(13)10(14)6-8/h2-3,6,15H,4-5,7H2,1H3,(H,16,18). The molecule has 0 bridgehead atoms. The van der Waals surface area contributed by atoms with Crippen molar-refractivity contribution < 1.29 is 9.15 Å². The Balaban J connectivity index is 1.90. The second kappa shape index (κ2) is 7.58. The number of rotatable bonds is 7. The molecule has 1 aromatic heterocycles. The van der Waals surface area contributed by atoms with Crippen molar-refractivity contribution in [1.82, 2.24) is 15.5 Å². The fraction of sp³-hybridized carbons (Fsp3) is 0.333. The SMILES string of the molecule is COCCNCc1nnc(Nc2ccc(Br)c(Cl)c2)o1. The maximum absolute atomic E-state index is 6.01. The van der Waals surface area contributed by atoms with Gasteiger partial charge < -0.3 is 19.8 Å². The van der Waals surface area contributed by atoms with E-state index < -0.39 is 0 Å². The second-order valence-corrected chi connectivity index (χ2v) is 5.19. The van der Waals surface area contributed by atoms with Gasteiger partial charge in [-0.2, -0.15) is 0 Å². The Hall–Kier alpha value is -1.15. The summed E-state index contributed by atoms with van der Waals surface area (Å²) in [7, 11) is 1.65.